The monoisotopic (exact) mass is 434 g/mol. The molecule has 4 aliphatic rings. The summed E-state index contributed by atoms with van der Waals surface area (Å²) in [5, 5.41) is 3.08. The molecule has 0 unspecified atom stereocenters. The Labute approximate surface area is 188 Å². The van der Waals surface area contributed by atoms with Crippen LogP contribution in [0.3, 0.4) is 0 Å². The Morgan fingerprint density at radius 1 is 0.875 bits per heavy atom. The fraction of sp³-hybridized carbons (Fsp3) is 0.462. The van der Waals surface area contributed by atoms with E-state index in [9.17, 15) is 9.59 Å². The van der Waals surface area contributed by atoms with E-state index in [2.05, 4.69) is 5.32 Å². The largest absolute Gasteiger partial charge is 0.497 e. The van der Waals surface area contributed by atoms with E-state index in [1.54, 1.807) is 31.4 Å². The number of urea groups is 1. The third kappa shape index (κ3) is 3.72. The van der Waals surface area contributed by atoms with Crippen LogP contribution in [0.15, 0.2) is 48.5 Å². The molecule has 2 aromatic rings. The Balaban J connectivity index is 1.45. The van der Waals surface area contributed by atoms with Gasteiger partial charge in [-0.1, -0.05) is 0 Å². The Hall–Kier alpha value is -3.02. The van der Waals surface area contributed by atoms with E-state index < -0.39 is 5.97 Å². The van der Waals surface area contributed by atoms with Crippen LogP contribution >= 0.6 is 0 Å². The Morgan fingerprint density at radius 3 is 1.94 bits per heavy atom. The number of nitrogens with one attached hydrogen (secondary N) is 1. The lowest BCUT2D eigenvalue weighted by Crippen LogP contribution is -2.62. The van der Waals surface area contributed by atoms with Crippen LogP contribution in [0.25, 0.3) is 0 Å². The average molecular weight is 435 g/mol. The van der Waals surface area contributed by atoms with Gasteiger partial charge in [0.05, 0.1) is 25.3 Å². The number of benzene rings is 2. The molecule has 4 saturated carbocycles. The van der Waals surface area contributed by atoms with Crippen LogP contribution in [0.5, 0.6) is 5.75 Å². The summed E-state index contributed by atoms with van der Waals surface area (Å²) in [7, 11) is 3.01. The molecule has 6 rings (SSSR count). The van der Waals surface area contributed by atoms with Gasteiger partial charge in [0.1, 0.15) is 5.75 Å². The van der Waals surface area contributed by atoms with Crippen molar-refractivity contribution in [3.05, 3.63) is 54.1 Å². The van der Waals surface area contributed by atoms with Crippen molar-refractivity contribution < 1.29 is 19.1 Å². The van der Waals surface area contributed by atoms with Crippen LogP contribution < -0.4 is 15.0 Å². The molecule has 4 aliphatic carbocycles. The summed E-state index contributed by atoms with van der Waals surface area (Å²) in [6, 6.07) is 14.5. The number of rotatable bonds is 5. The highest BCUT2D eigenvalue weighted by Crippen LogP contribution is 2.58. The van der Waals surface area contributed by atoms with Crippen molar-refractivity contribution in [3.63, 3.8) is 0 Å². The van der Waals surface area contributed by atoms with Crippen molar-refractivity contribution in [1.29, 1.82) is 0 Å². The normalized spacial score (nSPS) is 27.6. The minimum absolute atomic E-state index is 0.122. The molecule has 32 heavy (non-hydrogen) atoms. The molecule has 0 aliphatic heterocycles. The molecule has 0 aromatic heterocycles. The van der Waals surface area contributed by atoms with E-state index >= 15 is 0 Å². The zero-order valence-corrected chi connectivity index (χ0v) is 18.7. The van der Waals surface area contributed by atoms with E-state index in [1.165, 1.54) is 26.4 Å². The Bertz CT molecular complexity index is 964. The van der Waals surface area contributed by atoms with Gasteiger partial charge in [0, 0.05) is 11.4 Å². The summed E-state index contributed by atoms with van der Waals surface area (Å²) in [5.74, 6) is 2.53. The molecular weight excluding hydrogens is 404 g/mol. The molecule has 0 radical (unpaired) electrons. The van der Waals surface area contributed by atoms with Crippen LogP contribution in [-0.2, 0) is 4.74 Å². The minimum atomic E-state index is -0.392. The zero-order chi connectivity index (χ0) is 22.3. The number of carbonyl (C=O) groups excluding carboxylic acids is 2. The SMILES string of the molecule is COC(=O)c1ccc(NC(=O)N(c2ccc(OC)cc2)C23CC4CC(CC(C4)C2)C3)cc1. The van der Waals surface area contributed by atoms with Crippen molar-refractivity contribution in [3.8, 4) is 5.75 Å². The van der Waals surface area contributed by atoms with Gasteiger partial charge in [0.15, 0.2) is 0 Å². The Kier molecular flexibility index (Phi) is 5.31. The standard InChI is InChI=1S/C26H30N2O4/c1-31-23-9-7-22(8-10-23)28(26-14-17-11-18(15-26)13-19(12-17)16-26)25(30)27-21-5-3-20(4-6-21)24(29)32-2/h3-10,17-19H,11-16H2,1-2H3,(H,27,30). The number of ether oxygens (including phenoxy) is 2. The van der Waals surface area contributed by atoms with Gasteiger partial charge in [0.25, 0.3) is 0 Å². The first-order valence-electron chi connectivity index (χ1n) is 11.4. The van der Waals surface area contributed by atoms with Crippen molar-refractivity contribution in [2.45, 2.75) is 44.1 Å². The van der Waals surface area contributed by atoms with Gasteiger partial charge < -0.3 is 14.8 Å². The summed E-state index contributed by atoms with van der Waals surface area (Å²) in [4.78, 5) is 27.5. The third-order valence-corrected chi connectivity index (χ3v) is 7.57. The average Bonchev–Trinajstić information content (AvgIpc) is 2.78. The quantitative estimate of drug-likeness (QED) is 0.632. The predicted octanol–water partition coefficient (Wildman–Crippen LogP) is 5.49. The molecule has 2 aromatic carbocycles. The number of hydrogen-bond acceptors (Lipinski definition) is 4. The number of methoxy groups -OCH3 is 2. The number of amides is 2. The molecule has 6 nitrogen and oxygen atoms in total. The number of carbonyl (C=O) groups is 2. The number of nitrogens with zero attached hydrogens (tertiary/aromatic N) is 1. The van der Waals surface area contributed by atoms with Crippen molar-refractivity contribution in [1.82, 2.24) is 0 Å². The minimum Gasteiger partial charge on any atom is -0.497 e. The highest BCUT2D eigenvalue weighted by atomic mass is 16.5. The lowest BCUT2D eigenvalue weighted by Gasteiger charge is -2.60. The zero-order valence-electron chi connectivity index (χ0n) is 18.7. The molecule has 0 saturated heterocycles. The summed E-state index contributed by atoms with van der Waals surface area (Å²) >= 11 is 0. The van der Waals surface area contributed by atoms with Crippen molar-refractivity contribution in [2.24, 2.45) is 17.8 Å². The van der Waals surface area contributed by atoms with E-state index in [-0.39, 0.29) is 11.6 Å². The molecule has 0 spiro atoms. The molecule has 168 valence electrons. The maximum Gasteiger partial charge on any atom is 0.337 e. The second kappa shape index (κ2) is 8.15. The van der Waals surface area contributed by atoms with E-state index in [1.807, 2.05) is 29.2 Å². The van der Waals surface area contributed by atoms with Crippen molar-refractivity contribution >= 4 is 23.4 Å². The van der Waals surface area contributed by atoms with Gasteiger partial charge in [-0.15, -0.1) is 0 Å². The first-order chi connectivity index (χ1) is 15.5. The molecule has 6 heteroatoms. The van der Waals surface area contributed by atoms with Crippen LogP contribution in [0.4, 0.5) is 16.2 Å². The topological polar surface area (TPSA) is 67.9 Å². The number of hydrogen-bond donors (Lipinski definition) is 1. The summed E-state index contributed by atoms with van der Waals surface area (Å²) in [6.07, 6.45) is 7.14. The first kappa shape index (κ1) is 20.9. The van der Waals surface area contributed by atoms with E-state index in [0.29, 0.717) is 29.0 Å². The third-order valence-electron chi connectivity index (χ3n) is 7.57. The van der Waals surface area contributed by atoms with Gasteiger partial charge in [0.2, 0.25) is 0 Å². The fourth-order valence-electron chi connectivity index (χ4n) is 6.66. The summed E-state index contributed by atoms with van der Waals surface area (Å²) in [5.41, 5.74) is 1.88. The van der Waals surface area contributed by atoms with Crippen LogP contribution in [-0.4, -0.2) is 31.8 Å². The van der Waals surface area contributed by atoms with Gasteiger partial charge in [-0.3, -0.25) is 4.90 Å². The fourth-order valence-corrected chi connectivity index (χ4v) is 6.66. The van der Waals surface area contributed by atoms with Crippen LogP contribution in [0.2, 0.25) is 0 Å². The molecule has 4 bridgehead atoms. The molecular formula is C26H30N2O4. The maximum absolute atomic E-state index is 13.8. The maximum atomic E-state index is 13.8. The molecule has 1 N–H and O–H groups in total. The van der Waals surface area contributed by atoms with E-state index in [0.717, 1.165) is 30.7 Å². The second-order valence-electron chi connectivity index (χ2n) is 9.67. The first-order valence-corrected chi connectivity index (χ1v) is 11.4. The van der Waals surface area contributed by atoms with Gasteiger partial charge in [-0.05, 0) is 105 Å². The van der Waals surface area contributed by atoms with Crippen molar-refractivity contribution in [2.75, 3.05) is 24.4 Å². The summed E-state index contributed by atoms with van der Waals surface area (Å²) in [6.45, 7) is 0. The molecule has 2 amide bonds. The molecule has 4 fully saturated rings. The number of esters is 1. The lowest BCUT2D eigenvalue weighted by atomic mass is 9.52. The van der Waals surface area contributed by atoms with Crippen LogP contribution in [0.1, 0.15) is 48.9 Å². The highest BCUT2D eigenvalue weighted by Gasteiger charge is 2.55. The van der Waals surface area contributed by atoms with Gasteiger partial charge >= 0.3 is 12.0 Å². The van der Waals surface area contributed by atoms with Gasteiger partial charge in [-0.2, -0.15) is 0 Å². The lowest BCUT2D eigenvalue weighted by molar-refractivity contribution is -0.0000245. The van der Waals surface area contributed by atoms with E-state index in [4.69, 9.17) is 9.47 Å². The predicted molar refractivity (Wildman–Crippen MR) is 123 cm³/mol. The van der Waals surface area contributed by atoms with Gasteiger partial charge in [-0.25, -0.2) is 9.59 Å². The number of anilines is 2. The molecule has 0 atom stereocenters. The second-order valence-corrected chi connectivity index (χ2v) is 9.67. The Morgan fingerprint density at radius 2 is 1.44 bits per heavy atom. The smallest absolute Gasteiger partial charge is 0.337 e. The molecule has 0 heterocycles. The van der Waals surface area contributed by atoms with Crippen LogP contribution in [0, 0.1) is 17.8 Å². The highest BCUT2D eigenvalue weighted by molar-refractivity contribution is 6.03. The summed E-state index contributed by atoms with van der Waals surface area (Å²) < 4.78 is 10.1.